The number of allylic oxidation sites excluding steroid dienone is 5. The maximum atomic E-state index is 11.8. The first-order chi connectivity index (χ1) is 8.27. The molecular formula is C15H12O2. The van der Waals surface area contributed by atoms with Crippen LogP contribution in [-0.4, -0.2) is 11.6 Å². The fourth-order valence-electron chi connectivity index (χ4n) is 1.61. The molecule has 0 fully saturated rings. The Labute approximate surface area is 100.0 Å². The van der Waals surface area contributed by atoms with E-state index in [1.54, 1.807) is 24.3 Å². The van der Waals surface area contributed by atoms with Crippen LogP contribution >= 0.6 is 0 Å². The summed E-state index contributed by atoms with van der Waals surface area (Å²) in [5, 5.41) is 0. The highest BCUT2D eigenvalue weighted by molar-refractivity contribution is 6.14. The van der Waals surface area contributed by atoms with E-state index >= 15 is 0 Å². The van der Waals surface area contributed by atoms with Gasteiger partial charge in [0.25, 0.3) is 0 Å². The standard InChI is InChI=1S/C15H12O2/c16-14-9-5-4-8-13(14)15(17)11-10-12-6-2-1-3-7-12/h1-11,13H. The first-order valence-electron chi connectivity index (χ1n) is 5.43. The normalized spacial score (nSPS) is 18.8. The summed E-state index contributed by atoms with van der Waals surface area (Å²) in [6, 6.07) is 9.53. The van der Waals surface area contributed by atoms with Gasteiger partial charge in [0.2, 0.25) is 0 Å². The summed E-state index contributed by atoms with van der Waals surface area (Å²) in [5.74, 6) is -0.991. The fraction of sp³-hybridized carbons (Fsp3) is 0.0667. The average molecular weight is 224 g/mol. The van der Waals surface area contributed by atoms with Crippen molar-refractivity contribution in [2.45, 2.75) is 0 Å². The lowest BCUT2D eigenvalue weighted by atomic mass is 9.94. The Morgan fingerprint density at radius 3 is 2.59 bits per heavy atom. The smallest absolute Gasteiger partial charge is 0.170 e. The van der Waals surface area contributed by atoms with Gasteiger partial charge in [-0.25, -0.2) is 0 Å². The van der Waals surface area contributed by atoms with Gasteiger partial charge >= 0.3 is 0 Å². The predicted molar refractivity (Wildman–Crippen MR) is 67.3 cm³/mol. The molecule has 0 amide bonds. The highest BCUT2D eigenvalue weighted by Gasteiger charge is 2.20. The average Bonchev–Trinajstić information content (AvgIpc) is 2.38. The Balaban J connectivity index is 2.07. The minimum absolute atomic E-state index is 0.157. The van der Waals surface area contributed by atoms with Crippen LogP contribution in [-0.2, 0) is 9.59 Å². The van der Waals surface area contributed by atoms with Crippen LogP contribution in [0.2, 0.25) is 0 Å². The molecule has 0 aliphatic heterocycles. The van der Waals surface area contributed by atoms with Crippen LogP contribution in [0.25, 0.3) is 6.08 Å². The molecule has 2 nitrogen and oxygen atoms in total. The summed E-state index contributed by atoms with van der Waals surface area (Å²) in [5.41, 5.74) is 0.948. The van der Waals surface area contributed by atoms with Crippen molar-refractivity contribution in [2.24, 2.45) is 5.92 Å². The van der Waals surface area contributed by atoms with Gasteiger partial charge in [0, 0.05) is 0 Å². The zero-order chi connectivity index (χ0) is 12.1. The van der Waals surface area contributed by atoms with Crippen molar-refractivity contribution in [3.8, 4) is 0 Å². The van der Waals surface area contributed by atoms with E-state index < -0.39 is 5.92 Å². The molecule has 0 N–H and O–H groups in total. The third kappa shape index (κ3) is 2.88. The third-order valence-corrected chi connectivity index (χ3v) is 2.53. The van der Waals surface area contributed by atoms with E-state index in [1.807, 2.05) is 30.3 Å². The largest absolute Gasteiger partial charge is 0.294 e. The second-order valence-electron chi connectivity index (χ2n) is 3.77. The molecule has 84 valence electrons. The molecule has 2 rings (SSSR count). The Morgan fingerprint density at radius 2 is 1.88 bits per heavy atom. The first-order valence-corrected chi connectivity index (χ1v) is 5.43. The van der Waals surface area contributed by atoms with Crippen molar-refractivity contribution in [3.63, 3.8) is 0 Å². The van der Waals surface area contributed by atoms with Gasteiger partial charge in [0.05, 0.1) is 0 Å². The molecule has 1 aliphatic carbocycles. The summed E-state index contributed by atoms with van der Waals surface area (Å²) < 4.78 is 0. The first kappa shape index (κ1) is 11.3. The van der Waals surface area contributed by atoms with E-state index in [4.69, 9.17) is 0 Å². The summed E-state index contributed by atoms with van der Waals surface area (Å²) >= 11 is 0. The van der Waals surface area contributed by atoms with Crippen LogP contribution in [0.4, 0.5) is 0 Å². The molecule has 1 aliphatic rings. The zero-order valence-electron chi connectivity index (χ0n) is 9.24. The summed E-state index contributed by atoms with van der Waals surface area (Å²) in [6.07, 6.45) is 9.61. The lowest BCUT2D eigenvalue weighted by Crippen LogP contribution is -2.20. The molecule has 1 atom stereocenters. The maximum absolute atomic E-state index is 11.8. The molecule has 1 unspecified atom stereocenters. The van der Waals surface area contributed by atoms with Gasteiger partial charge in [0.15, 0.2) is 11.6 Å². The van der Waals surface area contributed by atoms with Crippen LogP contribution in [0.15, 0.2) is 60.7 Å². The van der Waals surface area contributed by atoms with Crippen molar-refractivity contribution < 1.29 is 9.59 Å². The second kappa shape index (κ2) is 5.21. The van der Waals surface area contributed by atoms with Gasteiger partial charge in [-0.2, -0.15) is 0 Å². The molecule has 0 spiro atoms. The van der Waals surface area contributed by atoms with Gasteiger partial charge in [-0.1, -0.05) is 54.6 Å². The number of carbonyl (C=O) groups is 2. The molecule has 0 bridgehead atoms. The molecule has 17 heavy (non-hydrogen) atoms. The summed E-state index contributed by atoms with van der Waals surface area (Å²) in [6.45, 7) is 0. The number of hydrogen-bond acceptors (Lipinski definition) is 2. The molecule has 2 heteroatoms. The van der Waals surface area contributed by atoms with E-state index in [0.717, 1.165) is 5.56 Å². The summed E-state index contributed by atoms with van der Waals surface area (Å²) in [4.78, 5) is 23.2. The molecule has 0 aromatic heterocycles. The van der Waals surface area contributed by atoms with Gasteiger partial charge in [-0.3, -0.25) is 9.59 Å². The summed E-state index contributed by atoms with van der Waals surface area (Å²) in [7, 11) is 0. The number of benzene rings is 1. The van der Waals surface area contributed by atoms with Gasteiger partial charge < -0.3 is 0 Å². The molecule has 1 aromatic carbocycles. The van der Waals surface area contributed by atoms with Crippen LogP contribution in [0.3, 0.4) is 0 Å². The molecular weight excluding hydrogens is 212 g/mol. The molecule has 0 saturated carbocycles. The maximum Gasteiger partial charge on any atom is 0.170 e. The topological polar surface area (TPSA) is 34.1 Å². The number of ketones is 2. The SMILES string of the molecule is O=C1C=CC=CC1C(=O)C=Cc1ccccc1. The Bertz CT molecular complexity index is 507. The van der Waals surface area contributed by atoms with Gasteiger partial charge in [-0.15, -0.1) is 0 Å². The van der Waals surface area contributed by atoms with Gasteiger partial charge in [-0.05, 0) is 17.7 Å². The van der Waals surface area contributed by atoms with E-state index in [0.29, 0.717) is 0 Å². The molecule has 0 heterocycles. The number of rotatable bonds is 3. The molecule has 1 aromatic rings. The molecule has 0 saturated heterocycles. The monoisotopic (exact) mass is 224 g/mol. The second-order valence-corrected chi connectivity index (χ2v) is 3.77. The minimum Gasteiger partial charge on any atom is -0.294 e. The lowest BCUT2D eigenvalue weighted by molar-refractivity contribution is -0.125. The highest BCUT2D eigenvalue weighted by Crippen LogP contribution is 2.11. The van der Waals surface area contributed by atoms with E-state index in [2.05, 4.69) is 0 Å². The Kier molecular flexibility index (Phi) is 3.46. The van der Waals surface area contributed by atoms with Crippen molar-refractivity contribution in [2.75, 3.05) is 0 Å². The Morgan fingerprint density at radius 1 is 1.12 bits per heavy atom. The van der Waals surface area contributed by atoms with E-state index in [1.165, 1.54) is 12.2 Å². The predicted octanol–water partition coefficient (Wildman–Crippen LogP) is 2.58. The quantitative estimate of drug-likeness (QED) is 0.584. The number of carbonyl (C=O) groups excluding carboxylic acids is 2. The van der Waals surface area contributed by atoms with Crippen LogP contribution in [0, 0.1) is 5.92 Å². The fourth-order valence-corrected chi connectivity index (χ4v) is 1.61. The minimum atomic E-state index is -0.653. The lowest BCUT2D eigenvalue weighted by Gasteiger charge is -2.07. The molecule has 0 radical (unpaired) electrons. The van der Waals surface area contributed by atoms with Crippen molar-refractivity contribution in [1.82, 2.24) is 0 Å². The zero-order valence-corrected chi connectivity index (χ0v) is 9.24. The van der Waals surface area contributed by atoms with Crippen LogP contribution in [0.1, 0.15) is 5.56 Å². The Hall–Kier alpha value is -2.22. The van der Waals surface area contributed by atoms with Crippen LogP contribution < -0.4 is 0 Å². The third-order valence-electron chi connectivity index (χ3n) is 2.53. The van der Waals surface area contributed by atoms with Crippen LogP contribution in [0.5, 0.6) is 0 Å². The van der Waals surface area contributed by atoms with Crippen molar-refractivity contribution in [3.05, 3.63) is 66.3 Å². The van der Waals surface area contributed by atoms with E-state index in [-0.39, 0.29) is 11.6 Å². The number of hydrogen-bond donors (Lipinski definition) is 0. The van der Waals surface area contributed by atoms with E-state index in [9.17, 15) is 9.59 Å². The van der Waals surface area contributed by atoms with Gasteiger partial charge in [0.1, 0.15) is 5.92 Å². The highest BCUT2D eigenvalue weighted by atomic mass is 16.1. The van der Waals surface area contributed by atoms with Crippen molar-refractivity contribution in [1.29, 1.82) is 0 Å². The van der Waals surface area contributed by atoms with Crippen molar-refractivity contribution >= 4 is 17.6 Å².